The van der Waals surface area contributed by atoms with E-state index in [4.69, 9.17) is 4.42 Å². The Balaban J connectivity index is 1.67. The van der Waals surface area contributed by atoms with Gasteiger partial charge in [0, 0.05) is 25.4 Å². The first kappa shape index (κ1) is 22.7. The predicted octanol–water partition coefficient (Wildman–Crippen LogP) is 2.17. The van der Waals surface area contributed by atoms with Crippen LogP contribution in [-0.4, -0.2) is 41.0 Å². The molecule has 1 unspecified atom stereocenters. The van der Waals surface area contributed by atoms with Gasteiger partial charge in [-0.3, -0.25) is 14.4 Å². The molecular weight excluding hydrogens is 410 g/mol. The Morgan fingerprint density at radius 2 is 1.84 bits per heavy atom. The molecule has 0 aliphatic rings. The average molecular weight is 435 g/mol. The van der Waals surface area contributed by atoms with Crippen molar-refractivity contribution in [3.63, 3.8) is 0 Å². The number of carbonyl (C=O) groups is 3. The smallest absolute Gasteiger partial charge is 0.287 e. The van der Waals surface area contributed by atoms with Gasteiger partial charge in [-0.2, -0.15) is 5.10 Å². The van der Waals surface area contributed by atoms with Crippen molar-refractivity contribution < 1.29 is 18.8 Å². The highest BCUT2D eigenvalue weighted by molar-refractivity contribution is 5.96. The fourth-order valence-electron chi connectivity index (χ4n) is 3.05. The number of furan rings is 1. The number of nitrogens with zero attached hydrogens (tertiary/aromatic N) is 2. The molecule has 0 aliphatic carbocycles. The fourth-order valence-corrected chi connectivity index (χ4v) is 3.05. The highest BCUT2D eigenvalue weighted by atomic mass is 16.4. The maximum absolute atomic E-state index is 12.6. The molecule has 9 nitrogen and oxygen atoms in total. The van der Waals surface area contributed by atoms with Crippen LogP contribution in [0, 0.1) is 5.92 Å². The summed E-state index contributed by atoms with van der Waals surface area (Å²) in [7, 11) is 1.53. The summed E-state index contributed by atoms with van der Waals surface area (Å²) in [5.74, 6) is -0.533. The van der Waals surface area contributed by atoms with Gasteiger partial charge in [0.25, 0.3) is 11.8 Å². The van der Waals surface area contributed by atoms with Crippen molar-refractivity contribution in [1.82, 2.24) is 26.1 Å². The topological polar surface area (TPSA) is 126 Å². The number of aromatic nitrogens is 2. The van der Waals surface area contributed by atoms with Crippen LogP contribution in [0.15, 0.2) is 59.1 Å². The molecule has 0 saturated carbocycles. The van der Waals surface area contributed by atoms with Crippen molar-refractivity contribution in [3.8, 4) is 11.3 Å². The second-order valence-corrected chi connectivity index (χ2v) is 7.47. The largest absolute Gasteiger partial charge is 0.451 e. The minimum Gasteiger partial charge on any atom is -0.451 e. The second-order valence-electron chi connectivity index (χ2n) is 7.47. The Labute approximate surface area is 185 Å². The first-order valence-corrected chi connectivity index (χ1v) is 10.2. The van der Waals surface area contributed by atoms with Gasteiger partial charge in [-0.1, -0.05) is 32.0 Å². The lowest BCUT2D eigenvalue weighted by molar-refractivity contribution is -0.123. The number of hydrogen-bond acceptors (Lipinski definition) is 6. The Morgan fingerprint density at radius 3 is 2.53 bits per heavy atom. The quantitative estimate of drug-likeness (QED) is 0.498. The Kier molecular flexibility index (Phi) is 7.33. The van der Waals surface area contributed by atoms with Crippen LogP contribution in [0.5, 0.6) is 0 Å². The molecule has 166 valence electrons. The second kappa shape index (κ2) is 10.3. The van der Waals surface area contributed by atoms with Crippen LogP contribution in [0.1, 0.15) is 40.5 Å². The number of hydrogen-bond donors (Lipinski definition) is 3. The van der Waals surface area contributed by atoms with E-state index in [2.05, 4.69) is 26.1 Å². The van der Waals surface area contributed by atoms with Crippen LogP contribution in [-0.2, 0) is 11.3 Å². The molecule has 3 N–H and O–H groups in total. The summed E-state index contributed by atoms with van der Waals surface area (Å²) in [5.41, 5.74) is 1.84. The summed E-state index contributed by atoms with van der Waals surface area (Å²) in [6.07, 6.45) is 1.50. The van der Waals surface area contributed by atoms with Gasteiger partial charge in [0.05, 0.1) is 0 Å². The number of rotatable bonds is 8. The lowest BCUT2D eigenvalue weighted by Crippen LogP contribution is -2.48. The van der Waals surface area contributed by atoms with Crippen molar-refractivity contribution in [2.45, 2.75) is 26.4 Å². The number of nitrogens with one attached hydrogen (secondary N) is 3. The zero-order valence-electron chi connectivity index (χ0n) is 18.1. The van der Waals surface area contributed by atoms with Crippen LogP contribution < -0.4 is 16.0 Å². The number of carbonyl (C=O) groups excluding carboxylic acids is 3. The third-order valence-electron chi connectivity index (χ3n) is 4.78. The molecule has 32 heavy (non-hydrogen) atoms. The standard InChI is InChI=1S/C23H25N5O4/c1-14(2)20(23(31)24-3)27-22(30)19-10-9-18(32-19)16-7-4-6-15(12-16)13-25-21(29)17-8-5-11-26-28-17/h4-12,14,20H,13H2,1-3H3,(H,24,31)(H,25,29)(H,27,30). The molecular formula is C23H25N5O4. The van der Waals surface area contributed by atoms with Crippen molar-refractivity contribution >= 4 is 17.7 Å². The highest BCUT2D eigenvalue weighted by Gasteiger charge is 2.25. The molecule has 0 bridgehead atoms. The van der Waals surface area contributed by atoms with E-state index in [-0.39, 0.29) is 29.2 Å². The SMILES string of the molecule is CNC(=O)C(NC(=O)c1ccc(-c2cccc(CNC(=O)c3cccnn3)c2)o1)C(C)C. The zero-order valence-corrected chi connectivity index (χ0v) is 18.1. The Bertz CT molecular complexity index is 1090. The third kappa shape index (κ3) is 5.57. The molecule has 2 aromatic heterocycles. The van der Waals surface area contributed by atoms with E-state index in [9.17, 15) is 14.4 Å². The molecule has 0 radical (unpaired) electrons. The summed E-state index contributed by atoms with van der Waals surface area (Å²) in [6, 6.07) is 13.2. The van der Waals surface area contributed by atoms with E-state index in [0.29, 0.717) is 12.3 Å². The summed E-state index contributed by atoms with van der Waals surface area (Å²) >= 11 is 0. The maximum atomic E-state index is 12.6. The normalized spacial score (nSPS) is 11.6. The monoisotopic (exact) mass is 435 g/mol. The van der Waals surface area contributed by atoms with E-state index in [1.165, 1.54) is 13.2 Å². The molecule has 3 aromatic rings. The van der Waals surface area contributed by atoms with Gasteiger partial charge in [0.15, 0.2) is 11.5 Å². The molecule has 3 rings (SSSR count). The lowest BCUT2D eigenvalue weighted by atomic mass is 10.0. The van der Waals surface area contributed by atoms with E-state index >= 15 is 0 Å². The maximum Gasteiger partial charge on any atom is 0.287 e. The highest BCUT2D eigenvalue weighted by Crippen LogP contribution is 2.23. The molecule has 1 aromatic carbocycles. The van der Waals surface area contributed by atoms with Crippen molar-refractivity contribution in [3.05, 3.63) is 71.7 Å². The van der Waals surface area contributed by atoms with Gasteiger partial charge in [0.1, 0.15) is 11.8 Å². The first-order valence-electron chi connectivity index (χ1n) is 10.2. The van der Waals surface area contributed by atoms with Crippen LogP contribution in [0.25, 0.3) is 11.3 Å². The van der Waals surface area contributed by atoms with Crippen LogP contribution in [0.3, 0.4) is 0 Å². The van der Waals surface area contributed by atoms with E-state index < -0.39 is 11.9 Å². The molecule has 1 atom stereocenters. The lowest BCUT2D eigenvalue weighted by Gasteiger charge is -2.19. The minimum atomic E-state index is -0.665. The van der Waals surface area contributed by atoms with Gasteiger partial charge < -0.3 is 20.4 Å². The fraction of sp³-hybridized carbons (Fsp3) is 0.261. The molecule has 0 saturated heterocycles. The van der Waals surface area contributed by atoms with Crippen LogP contribution in [0.2, 0.25) is 0 Å². The molecule has 0 aliphatic heterocycles. The van der Waals surface area contributed by atoms with Crippen molar-refractivity contribution in [2.75, 3.05) is 7.05 Å². The summed E-state index contributed by atoms with van der Waals surface area (Å²) in [4.78, 5) is 36.7. The first-order chi connectivity index (χ1) is 15.4. The summed E-state index contributed by atoms with van der Waals surface area (Å²) in [5, 5.41) is 15.5. The van der Waals surface area contributed by atoms with Crippen molar-refractivity contribution in [1.29, 1.82) is 0 Å². The van der Waals surface area contributed by atoms with Gasteiger partial charge in [-0.05, 0) is 41.8 Å². The van der Waals surface area contributed by atoms with E-state index in [1.807, 2.05) is 38.1 Å². The number of benzene rings is 1. The zero-order chi connectivity index (χ0) is 23.1. The van der Waals surface area contributed by atoms with E-state index in [1.54, 1.807) is 24.3 Å². The van der Waals surface area contributed by atoms with E-state index in [0.717, 1.165) is 11.1 Å². The predicted molar refractivity (Wildman–Crippen MR) is 118 cm³/mol. The summed E-state index contributed by atoms with van der Waals surface area (Å²) in [6.45, 7) is 3.99. The molecule has 3 amide bonds. The van der Waals surface area contributed by atoms with Crippen molar-refractivity contribution in [2.24, 2.45) is 5.92 Å². The minimum absolute atomic E-state index is 0.0814. The number of likely N-dealkylation sites (N-methyl/N-ethyl adjacent to an activating group) is 1. The Morgan fingerprint density at radius 1 is 1.03 bits per heavy atom. The van der Waals surface area contributed by atoms with Crippen LogP contribution >= 0.6 is 0 Å². The molecule has 0 fully saturated rings. The number of amides is 3. The van der Waals surface area contributed by atoms with Gasteiger partial charge in [0.2, 0.25) is 5.91 Å². The van der Waals surface area contributed by atoms with Gasteiger partial charge in [-0.25, -0.2) is 0 Å². The third-order valence-corrected chi connectivity index (χ3v) is 4.78. The van der Waals surface area contributed by atoms with Gasteiger partial charge >= 0.3 is 0 Å². The summed E-state index contributed by atoms with van der Waals surface area (Å²) < 4.78 is 5.73. The molecule has 9 heteroatoms. The van der Waals surface area contributed by atoms with Crippen LogP contribution in [0.4, 0.5) is 0 Å². The average Bonchev–Trinajstić information content (AvgIpc) is 3.31. The molecule has 2 heterocycles. The van der Waals surface area contributed by atoms with Gasteiger partial charge in [-0.15, -0.1) is 5.10 Å². The molecule has 0 spiro atoms. The Hall–Kier alpha value is -4.01.